The van der Waals surface area contributed by atoms with Gasteiger partial charge in [-0.1, -0.05) is 0 Å². The summed E-state index contributed by atoms with van der Waals surface area (Å²) in [5.74, 6) is 2.28. The average Bonchev–Trinajstić information content (AvgIpc) is 3.38. The van der Waals surface area contributed by atoms with Crippen molar-refractivity contribution in [3.05, 3.63) is 34.5 Å². The van der Waals surface area contributed by atoms with E-state index in [1.807, 2.05) is 20.0 Å². The molecule has 3 atom stereocenters. The third-order valence-corrected chi connectivity index (χ3v) is 6.70. The van der Waals surface area contributed by atoms with Crippen LogP contribution in [-0.2, 0) is 7.05 Å². The molecule has 3 aromatic heterocycles. The molecule has 0 radical (unpaired) electrons. The number of hydrogen-bond donors (Lipinski definition) is 2. The maximum absolute atomic E-state index is 12.5. The predicted molar refractivity (Wildman–Crippen MR) is 122 cm³/mol. The zero-order valence-electron chi connectivity index (χ0n) is 18.6. The fraction of sp³-hybridized carbons (Fsp3) is 0.591. The number of rotatable bonds is 5. The molecule has 170 valence electrons. The SMILES string of the molecule is Cc1nc(NCC2CCCCN2c2ccc(=O)n(C3CCCC3O)n2)c2cnn(C)c2n1. The normalized spacial score (nSPS) is 23.7. The van der Waals surface area contributed by atoms with E-state index in [4.69, 9.17) is 5.10 Å². The monoisotopic (exact) mass is 438 g/mol. The fourth-order valence-electron chi connectivity index (χ4n) is 5.01. The van der Waals surface area contributed by atoms with Crippen LogP contribution in [0.2, 0.25) is 0 Å². The van der Waals surface area contributed by atoms with Gasteiger partial charge < -0.3 is 15.3 Å². The minimum atomic E-state index is -0.503. The molecule has 0 aromatic carbocycles. The Balaban J connectivity index is 1.39. The first-order chi connectivity index (χ1) is 15.5. The highest BCUT2D eigenvalue weighted by Gasteiger charge is 2.30. The van der Waals surface area contributed by atoms with Crippen LogP contribution < -0.4 is 15.8 Å². The van der Waals surface area contributed by atoms with Gasteiger partial charge in [-0.15, -0.1) is 0 Å². The third kappa shape index (κ3) is 3.83. The number of anilines is 2. The van der Waals surface area contributed by atoms with Gasteiger partial charge in [-0.3, -0.25) is 9.48 Å². The molecule has 1 saturated carbocycles. The van der Waals surface area contributed by atoms with Gasteiger partial charge >= 0.3 is 0 Å². The minimum Gasteiger partial charge on any atom is -0.391 e. The number of nitrogens with one attached hydrogen (secondary N) is 1. The molecule has 1 aliphatic carbocycles. The van der Waals surface area contributed by atoms with Crippen LogP contribution in [-0.4, -0.2) is 59.9 Å². The molecule has 2 fully saturated rings. The zero-order valence-corrected chi connectivity index (χ0v) is 18.6. The number of aryl methyl sites for hydroxylation is 2. The predicted octanol–water partition coefficient (Wildman–Crippen LogP) is 1.79. The summed E-state index contributed by atoms with van der Waals surface area (Å²) >= 11 is 0. The molecule has 4 heterocycles. The van der Waals surface area contributed by atoms with E-state index in [0.717, 1.165) is 67.7 Å². The van der Waals surface area contributed by atoms with Crippen LogP contribution in [0, 0.1) is 6.92 Å². The summed E-state index contributed by atoms with van der Waals surface area (Å²) in [5, 5.41) is 23.7. The highest BCUT2D eigenvalue weighted by molar-refractivity contribution is 5.86. The first kappa shape index (κ1) is 20.9. The van der Waals surface area contributed by atoms with E-state index < -0.39 is 6.10 Å². The molecular weight excluding hydrogens is 408 g/mol. The zero-order chi connectivity index (χ0) is 22.2. The number of aliphatic hydroxyl groups excluding tert-OH is 1. The number of hydrogen-bond acceptors (Lipinski definition) is 8. The first-order valence-electron chi connectivity index (χ1n) is 11.5. The lowest BCUT2D eigenvalue weighted by Crippen LogP contribution is -2.45. The van der Waals surface area contributed by atoms with Crippen molar-refractivity contribution in [1.29, 1.82) is 0 Å². The van der Waals surface area contributed by atoms with Crippen LogP contribution in [0.15, 0.2) is 23.1 Å². The third-order valence-electron chi connectivity index (χ3n) is 6.70. The Hall–Kier alpha value is -3.01. The standard InChI is InChI=1S/C22H30N8O2/c1-14-25-21(16-13-24-28(2)22(16)26-14)23-12-15-6-3-4-11-29(15)19-9-10-20(32)30(27-19)17-7-5-8-18(17)31/h9-10,13,15,17-18,31H,3-8,11-12H2,1-2H3,(H,23,25,26). The number of piperidine rings is 1. The lowest BCUT2D eigenvalue weighted by Gasteiger charge is -2.37. The maximum Gasteiger partial charge on any atom is 0.267 e. The van der Waals surface area contributed by atoms with E-state index in [1.165, 1.54) is 4.68 Å². The van der Waals surface area contributed by atoms with E-state index in [9.17, 15) is 9.90 Å². The van der Waals surface area contributed by atoms with E-state index in [1.54, 1.807) is 16.9 Å². The molecule has 0 bridgehead atoms. The summed E-state index contributed by atoms with van der Waals surface area (Å²) in [7, 11) is 1.88. The summed E-state index contributed by atoms with van der Waals surface area (Å²) in [5.41, 5.74) is 0.658. The van der Waals surface area contributed by atoms with Gasteiger partial charge in [-0.05, 0) is 51.5 Å². The van der Waals surface area contributed by atoms with E-state index in [-0.39, 0.29) is 17.6 Å². The van der Waals surface area contributed by atoms with Crippen molar-refractivity contribution >= 4 is 22.7 Å². The molecule has 32 heavy (non-hydrogen) atoms. The molecule has 1 saturated heterocycles. The Morgan fingerprint density at radius 3 is 2.84 bits per heavy atom. The summed E-state index contributed by atoms with van der Waals surface area (Å²) in [6.45, 7) is 3.47. The molecule has 2 N–H and O–H groups in total. The van der Waals surface area contributed by atoms with Gasteiger partial charge in [-0.25, -0.2) is 14.6 Å². The lowest BCUT2D eigenvalue weighted by molar-refractivity contribution is 0.127. The van der Waals surface area contributed by atoms with E-state index >= 15 is 0 Å². The van der Waals surface area contributed by atoms with E-state index in [0.29, 0.717) is 12.4 Å². The molecule has 3 aromatic rings. The van der Waals surface area contributed by atoms with Gasteiger partial charge in [0.05, 0.1) is 23.7 Å². The number of nitrogens with zero attached hydrogens (tertiary/aromatic N) is 7. The summed E-state index contributed by atoms with van der Waals surface area (Å²) in [6.07, 6.45) is 6.98. The summed E-state index contributed by atoms with van der Waals surface area (Å²) in [4.78, 5) is 23.8. The second kappa shape index (κ2) is 8.50. The Kier molecular flexibility index (Phi) is 5.54. The first-order valence-corrected chi connectivity index (χ1v) is 11.5. The van der Waals surface area contributed by atoms with Crippen LogP contribution in [0.5, 0.6) is 0 Å². The Morgan fingerprint density at radius 2 is 2.03 bits per heavy atom. The van der Waals surface area contributed by atoms with Crippen molar-refractivity contribution < 1.29 is 5.11 Å². The Morgan fingerprint density at radius 1 is 1.16 bits per heavy atom. The molecule has 5 rings (SSSR count). The van der Waals surface area contributed by atoms with Gasteiger partial charge in [0.25, 0.3) is 5.56 Å². The van der Waals surface area contributed by atoms with Crippen molar-refractivity contribution in [3.63, 3.8) is 0 Å². The topological polar surface area (TPSA) is 114 Å². The maximum atomic E-state index is 12.5. The van der Waals surface area contributed by atoms with Crippen molar-refractivity contribution in [2.75, 3.05) is 23.3 Å². The molecule has 1 aliphatic heterocycles. The van der Waals surface area contributed by atoms with Crippen LogP contribution in [0.1, 0.15) is 50.4 Å². The van der Waals surface area contributed by atoms with Crippen LogP contribution in [0.25, 0.3) is 11.0 Å². The molecule has 0 spiro atoms. The van der Waals surface area contributed by atoms with Crippen LogP contribution in [0.4, 0.5) is 11.6 Å². The molecule has 10 nitrogen and oxygen atoms in total. The van der Waals surface area contributed by atoms with Gasteiger partial charge in [0.2, 0.25) is 0 Å². The van der Waals surface area contributed by atoms with Crippen molar-refractivity contribution in [2.24, 2.45) is 7.05 Å². The largest absolute Gasteiger partial charge is 0.391 e. The van der Waals surface area contributed by atoms with Gasteiger partial charge in [0, 0.05) is 32.2 Å². The highest BCUT2D eigenvalue weighted by Crippen LogP contribution is 2.30. The Labute approximate surface area is 186 Å². The van der Waals surface area contributed by atoms with Gasteiger partial charge in [0.1, 0.15) is 17.5 Å². The summed E-state index contributed by atoms with van der Waals surface area (Å²) in [6, 6.07) is 3.39. The van der Waals surface area contributed by atoms with Crippen molar-refractivity contribution in [1.82, 2.24) is 29.5 Å². The number of aliphatic hydroxyl groups is 1. The molecule has 10 heteroatoms. The fourth-order valence-corrected chi connectivity index (χ4v) is 5.01. The molecule has 0 amide bonds. The summed E-state index contributed by atoms with van der Waals surface area (Å²) < 4.78 is 3.26. The van der Waals surface area contributed by atoms with Crippen LogP contribution in [0.3, 0.4) is 0 Å². The Bertz CT molecular complexity index is 1170. The van der Waals surface area contributed by atoms with Crippen LogP contribution >= 0.6 is 0 Å². The second-order valence-electron chi connectivity index (χ2n) is 8.89. The quantitative estimate of drug-likeness (QED) is 0.620. The van der Waals surface area contributed by atoms with Gasteiger partial charge in [0.15, 0.2) is 5.65 Å². The molecule has 2 aliphatic rings. The highest BCUT2D eigenvalue weighted by atomic mass is 16.3. The number of fused-ring (bicyclic) bond motifs is 1. The lowest BCUT2D eigenvalue weighted by atomic mass is 10.0. The minimum absolute atomic E-state index is 0.151. The molecule has 3 unspecified atom stereocenters. The van der Waals surface area contributed by atoms with Crippen molar-refractivity contribution in [2.45, 2.75) is 63.6 Å². The van der Waals surface area contributed by atoms with E-state index in [2.05, 4.69) is 25.3 Å². The molecular formula is C22H30N8O2. The second-order valence-corrected chi connectivity index (χ2v) is 8.89. The average molecular weight is 439 g/mol. The van der Waals surface area contributed by atoms with Gasteiger partial charge in [-0.2, -0.15) is 10.2 Å². The number of aromatic nitrogens is 6. The smallest absolute Gasteiger partial charge is 0.267 e. The van der Waals surface area contributed by atoms with Crippen molar-refractivity contribution in [3.8, 4) is 0 Å².